The maximum Gasteiger partial charge on any atom is 0.244 e. The number of halogens is 2. The van der Waals surface area contributed by atoms with E-state index < -0.39 is 10.0 Å². The first-order valence-electron chi connectivity index (χ1n) is 6.29. The highest BCUT2D eigenvalue weighted by atomic mass is 79.9. The minimum absolute atomic E-state index is 0. The van der Waals surface area contributed by atoms with E-state index in [2.05, 4.69) is 27.8 Å². The lowest BCUT2D eigenvalue weighted by Crippen LogP contribution is -2.51. The number of hydrogen-bond acceptors (Lipinski definition) is 4. The van der Waals surface area contributed by atoms with E-state index in [0.29, 0.717) is 17.6 Å². The Morgan fingerprint density at radius 1 is 1.50 bits per heavy atom. The zero-order valence-electron chi connectivity index (χ0n) is 11.2. The van der Waals surface area contributed by atoms with E-state index in [1.807, 2.05) is 0 Å². The fraction of sp³-hybridized carbons (Fsp3) is 0.583. The van der Waals surface area contributed by atoms with Crippen molar-refractivity contribution in [2.75, 3.05) is 13.1 Å². The second-order valence-corrected chi connectivity index (χ2v) is 7.68. The Kier molecular flexibility index (Phi) is 6.40. The van der Waals surface area contributed by atoms with Crippen LogP contribution < -0.4 is 5.73 Å². The Morgan fingerprint density at radius 3 is 2.80 bits per heavy atom. The van der Waals surface area contributed by atoms with Gasteiger partial charge in [0.2, 0.25) is 10.0 Å². The predicted molar refractivity (Wildman–Crippen MR) is 84.3 cm³/mol. The molecule has 0 saturated carbocycles. The molecule has 8 heteroatoms. The molecule has 1 fully saturated rings. The van der Waals surface area contributed by atoms with E-state index in [0.717, 1.165) is 12.8 Å². The molecule has 20 heavy (non-hydrogen) atoms. The van der Waals surface area contributed by atoms with E-state index in [4.69, 9.17) is 5.73 Å². The molecule has 2 atom stereocenters. The van der Waals surface area contributed by atoms with Gasteiger partial charge in [0.1, 0.15) is 4.90 Å². The second-order valence-electron chi connectivity index (χ2n) is 4.88. The normalized spacial score (nSPS) is 24.1. The van der Waals surface area contributed by atoms with Gasteiger partial charge in [-0.3, -0.25) is 4.98 Å². The molecule has 1 aliphatic heterocycles. The van der Waals surface area contributed by atoms with Crippen LogP contribution in [-0.4, -0.2) is 36.8 Å². The number of piperidine rings is 1. The molecular formula is C12H19BrClN3O2S. The molecular weight excluding hydrogens is 366 g/mol. The van der Waals surface area contributed by atoms with Gasteiger partial charge in [0.25, 0.3) is 0 Å². The molecule has 0 radical (unpaired) electrons. The maximum absolute atomic E-state index is 12.7. The van der Waals surface area contributed by atoms with Crippen LogP contribution >= 0.6 is 28.3 Å². The molecule has 1 aliphatic rings. The van der Waals surface area contributed by atoms with Crippen molar-refractivity contribution in [2.24, 2.45) is 11.7 Å². The van der Waals surface area contributed by atoms with E-state index in [9.17, 15) is 8.42 Å². The van der Waals surface area contributed by atoms with Gasteiger partial charge in [-0.1, -0.05) is 6.92 Å². The first-order chi connectivity index (χ1) is 8.96. The Balaban J connectivity index is 0.00000200. The number of nitrogens with zero attached hydrogens (tertiary/aromatic N) is 2. The van der Waals surface area contributed by atoms with Gasteiger partial charge in [0.15, 0.2) is 0 Å². The molecule has 1 saturated heterocycles. The van der Waals surface area contributed by atoms with Crippen LogP contribution in [-0.2, 0) is 10.0 Å². The van der Waals surface area contributed by atoms with Crippen molar-refractivity contribution in [3.8, 4) is 0 Å². The maximum atomic E-state index is 12.7. The minimum atomic E-state index is -3.52. The summed E-state index contributed by atoms with van der Waals surface area (Å²) in [4.78, 5) is 4.15. The van der Waals surface area contributed by atoms with Gasteiger partial charge in [-0.2, -0.15) is 4.31 Å². The third kappa shape index (κ3) is 3.51. The van der Waals surface area contributed by atoms with Gasteiger partial charge in [-0.15, -0.1) is 12.4 Å². The van der Waals surface area contributed by atoms with Gasteiger partial charge in [-0.05, 0) is 40.8 Å². The summed E-state index contributed by atoms with van der Waals surface area (Å²) in [5.41, 5.74) is 5.76. The van der Waals surface area contributed by atoms with Crippen LogP contribution in [0, 0.1) is 5.92 Å². The molecule has 0 bridgehead atoms. The number of nitrogens with two attached hydrogens (primary N) is 1. The van der Waals surface area contributed by atoms with Crippen LogP contribution in [0.15, 0.2) is 27.8 Å². The number of rotatable bonds is 3. The van der Waals surface area contributed by atoms with Crippen molar-refractivity contribution in [1.82, 2.24) is 9.29 Å². The zero-order valence-corrected chi connectivity index (χ0v) is 14.4. The van der Waals surface area contributed by atoms with Crippen LogP contribution in [0.2, 0.25) is 0 Å². The summed E-state index contributed by atoms with van der Waals surface area (Å²) in [5.74, 6) is 0.286. The zero-order chi connectivity index (χ0) is 14.0. The Labute approximate surface area is 134 Å². The third-order valence-electron chi connectivity index (χ3n) is 3.59. The average Bonchev–Trinajstić information content (AvgIpc) is 2.38. The molecule has 1 aromatic rings. The van der Waals surface area contributed by atoms with Crippen LogP contribution in [0.1, 0.15) is 19.8 Å². The van der Waals surface area contributed by atoms with Crippen molar-refractivity contribution in [2.45, 2.75) is 30.7 Å². The van der Waals surface area contributed by atoms with E-state index in [1.54, 1.807) is 12.3 Å². The minimum Gasteiger partial charge on any atom is -0.329 e. The van der Waals surface area contributed by atoms with Crippen molar-refractivity contribution in [3.63, 3.8) is 0 Å². The van der Waals surface area contributed by atoms with Crippen LogP contribution in [0.25, 0.3) is 0 Å². The quantitative estimate of drug-likeness (QED) is 0.865. The van der Waals surface area contributed by atoms with Crippen LogP contribution in [0.4, 0.5) is 0 Å². The highest BCUT2D eigenvalue weighted by molar-refractivity contribution is 9.10. The lowest BCUT2D eigenvalue weighted by atomic mass is 9.93. The number of aromatic nitrogens is 1. The molecule has 2 heterocycles. The predicted octanol–water partition coefficient (Wildman–Crippen LogP) is 2.01. The molecule has 1 aromatic heterocycles. The average molecular weight is 385 g/mol. The van der Waals surface area contributed by atoms with Crippen molar-refractivity contribution < 1.29 is 8.42 Å². The Morgan fingerprint density at radius 2 is 2.20 bits per heavy atom. The first-order valence-corrected chi connectivity index (χ1v) is 8.52. The number of sulfonamides is 1. The fourth-order valence-electron chi connectivity index (χ4n) is 2.53. The van der Waals surface area contributed by atoms with Gasteiger partial charge in [0.05, 0.1) is 0 Å². The molecule has 0 spiro atoms. The van der Waals surface area contributed by atoms with E-state index >= 15 is 0 Å². The third-order valence-corrected chi connectivity index (χ3v) is 5.92. The monoisotopic (exact) mass is 383 g/mol. The molecule has 0 aromatic carbocycles. The summed E-state index contributed by atoms with van der Waals surface area (Å²) in [6, 6.07) is 1.45. The molecule has 2 rings (SSSR count). The molecule has 5 nitrogen and oxygen atoms in total. The summed E-state index contributed by atoms with van der Waals surface area (Å²) in [6.07, 6.45) is 4.84. The fourth-order valence-corrected chi connectivity index (χ4v) is 4.81. The van der Waals surface area contributed by atoms with Gasteiger partial charge >= 0.3 is 0 Å². The number of hydrogen-bond donors (Lipinski definition) is 1. The standard InChI is InChI=1S/C12H18BrN3O2S.ClH/c1-9-3-2-4-16(12(9)6-14)19(17,18)11-5-10(13)7-15-8-11;/h5,7-9,12H,2-4,6,14H2,1H3;1H. The highest BCUT2D eigenvalue weighted by Crippen LogP contribution is 2.29. The van der Waals surface area contributed by atoms with Gasteiger partial charge in [-0.25, -0.2) is 8.42 Å². The van der Waals surface area contributed by atoms with Crippen molar-refractivity contribution in [1.29, 1.82) is 0 Å². The molecule has 114 valence electrons. The largest absolute Gasteiger partial charge is 0.329 e. The molecule has 0 amide bonds. The van der Waals surface area contributed by atoms with Crippen molar-refractivity contribution in [3.05, 3.63) is 22.9 Å². The summed E-state index contributed by atoms with van der Waals surface area (Å²) < 4.78 is 27.5. The highest BCUT2D eigenvalue weighted by Gasteiger charge is 2.36. The smallest absolute Gasteiger partial charge is 0.244 e. The Hall–Kier alpha value is -0.210. The molecule has 2 N–H and O–H groups in total. The van der Waals surface area contributed by atoms with Crippen LogP contribution in [0.5, 0.6) is 0 Å². The lowest BCUT2D eigenvalue weighted by molar-refractivity contribution is 0.192. The number of pyridine rings is 1. The molecule has 0 aliphatic carbocycles. The lowest BCUT2D eigenvalue weighted by Gasteiger charge is -2.38. The van der Waals surface area contributed by atoms with Gasteiger partial charge in [0, 0.05) is 36.0 Å². The second kappa shape index (κ2) is 7.17. The van der Waals surface area contributed by atoms with E-state index in [1.165, 1.54) is 10.5 Å². The summed E-state index contributed by atoms with van der Waals surface area (Å²) in [7, 11) is -3.52. The van der Waals surface area contributed by atoms with E-state index in [-0.39, 0.29) is 29.3 Å². The Bertz CT molecular complexity index is 555. The van der Waals surface area contributed by atoms with Gasteiger partial charge < -0.3 is 5.73 Å². The SMILES string of the molecule is CC1CCCN(S(=O)(=O)c2cncc(Br)c2)C1CN.Cl. The molecule has 2 unspecified atom stereocenters. The topological polar surface area (TPSA) is 76.3 Å². The first kappa shape index (κ1) is 17.8. The summed E-state index contributed by atoms with van der Waals surface area (Å²) in [5, 5.41) is 0. The van der Waals surface area contributed by atoms with Crippen LogP contribution in [0.3, 0.4) is 0 Å². The summed E-state index contributed by atoms with van der Waals surface area (Å²) in [6.45, 7) is 2.93. The van der Waals surface area contributed by atoms with Crippen molar-refractivity contribution >= 4 is 38.4 Å². The summed E-state index contributed by atoms with van der Waals surface area (Å²) >= 11 is 3.25.